The van der Waals surface area contributed by atoms with Gasteiger partial charge in [-0.3, -0.25) is 0 Å². The number of benzene rings is 3. The third-order valence-electron chi connectivity index (χ3n) is 7.68. The molecule has 0 amide bonds. The number of aliphatic hydroxyl groups is 1. The molecular formula is C28H27BO3. The molecule has 2 aliphatic rings. The standard InChI is InChI=1S/C28H27BO3/c1-27(2,30)28(3,4)32-29-23-14-8-12-19-22-15-21-17-10-6-5-9-16(17)18-11-7-13-20(24(18)21)25(22)31-26(19)23/h5-17,29-30H,1-4H3. The normalized spacial score (nSPS) is 19.9. The van der Waals surface area contributed by atoms with Crippen molar-refractivity contribution in [2.45, 2.75) is 50.7 Å². The van der Waals surface area contributed by atoms with Crippen molar-refractivity contribution < 1.29 is 14.2 Å². The minimum absolute atomic E-state index is 0.377. The Morgan fingerprint density at radius 3 is 2.28 bits per heavy atom. The summed E-state index contributed by atoms with van der Waals surface area (Å²) in [6.45, 7) is 7.39. The SMILES string of the molecule is CC(C)(O)C(C)(C)OBc1cccc2c1oc1c3cccc4c3c(cc21)C1C=CC=CC41. The lowest BCUT2D eigenvalue weighted by Gasteiger charge is -2.37. The molecule has 2 unspecified atom stereocenters. The fraction of sp³-hybridized carbons (Fsp3) is 0.286. The third kappa shape index (κ3) is 2.69. The van der Waals surface area contributed by atoms with Gasteiger partial charge in [0, 0.05) is 28.0 Å². The summed E-state index contributed by atoms with van der Waals surface area (Å²) in [6, 6.07) is 15.2. The highest BCUT2D eigenvalue weighted by Crippen LogP contribution is 2.52. The van der Waals surface area contributed by atoms with Crippen molar-refractivity contribution >= 4 is 45.7 Å². The van der Waals surface area contributed by atoms with Gasteiger partial charge in [0.05, 0.1) is 11.2 Å². The van der Waals surface area contributed by atoms with Crippen molar-refractivity contribution in [1.82, 2.24) is 0 Å². The fourth-order valence-corrected chi connectivity index (χ4v) is 5.14. The Morgan fingerprint density at radius 1 is 0.844 bits per heavy atom. The summed E-state index contributed by atoms with van der Waals surface area (Å²) in [7, 11) is 0.377. The number of allylic oxidation sites excluding steroid dienone is 4. The van der Waals surface area contributed by atoms with E-state index in [1.54, 1.807) is 13.8 Å². The first-order valence-corrected chi connectivity index (χ1v) is 11.4. The zero-order valence-corrected chi connectivity index (χ0v) is 19.0. The predicted molar refractivity (Wildman–Crippen MR) is 133 cm³/mol. The molecular weight excluding hydrogens is 395 g/mol. The maximum atomic E-state index is 10.5. The molecule has 3 aromatic carbocycles. The second kappa shape index (κ2) is 6.60. The molecule has 0 fully saturated rings. The lowest BCUT2D eigenvalue weighted by Crippen LogP contribution is -2.49. The monoisotopic (exact) mass is 422 g/mol. The molecule has 4 aromatic rings. The highest BCUT2D eigenvalue weighted by molar-refractivity contribution is 6.51. The number of hydrogen-bond acceptors (Lipinski definition) is 3. The van der Waals surface area contributed by atoms with E-state index < -0.39 is 11.2 Å². The molecule has 1 heterocycles. The number of hydrogen-bond donors (Lipinski definition) is 1. The summed E-state index contributed by atoms with van der Waals surface area (Å²) >= 11 is 0. The highest BCUT2D eigenvalue weighted by atomic mass is 16.5. The lowest BCUT2D eigenvalue weighted by molar-refractivity contribution is -0.0893. The van der Waals surface area contributed by atoms with Crippen molar-refractivity contribution in [1.29, 1.82) is 0 Å². The van der Waals surface area contributed by atoms with E-state index in [4.69, 9.17) is 9.07 Å². The van der Waals surface area contributed by atoms with Crippen LogP contribution in [0.3, 0.4) is 0 Å². The topological polar surface area (TPSA) is 42.6 Å². The summed E-state index contributed by atoms with van der Waals surface area (Å²) in [4.78, 5) is 0. The van der Waals surface area contributed by atoms with Crippen LogP contribution < -0.4 is 5.46 Å². The van der Waals surface area contributed by atoms with Gasteiger partial charge in [0.25, 0.3) is 0 Å². The first kappa shape index (κ1) is 19.8. The Labute approximate surface area is 188 Å². The van der Waals surface area contributed by atoms with Crippen LogP contribution in [0.5, 0.6) is 0 Å². The molecule has 0 spiro atoms. The van der Waals surface area contributed by atoms with Crippen molar-refractivity contribution in [2.24, 2.45) is 0 Å². The van der Waals surface area contributed by atoms with E-state index in [0.717, 1.165) is 27.4 Å². The largest absolute Gasteiger partial charge is 0.456 e. The molecule has 3 nitrogen and oxygen atoms in total. The van der Waals surface area contributed by atoms with Crippen molar-refractivity contribution in [3.8, 4) is 0 Å². The van der Waals surface area contributed by atoms with Crippen LogP contribution in [0.1, 0.15) is 50.7 Å². The van der Waals surface area contributed by atoms with Crippen LogP contribution in [0.25, 0.3) is 32.7 Å². The minimum Gasteiger partial charge on any atom is -0.456 e. The summed E-state index contributed by atoms with van der Waals surface area (Å²) in [5.74, 6) is 0.790. The second-order valence-electron chi connectivity index (χ2n) is 10.2. The Balaban J connectivity index is 1.54. The summed E-state index contributed by atoms with van der Waals surface area (Å²) in [5, 5.41) is 15.3. The second-order valence-corrected chi connectivity index (χ2v) is 10.2. The zero-order chi connectivity index (χ0) is 22.3. The van der Waals surface area contributed by atoms with Crippen LogP contribution in [0.4, 0.5) is 0 Å². The molecule has 160 valence electrons. The van der Waals surface area contributed by atoms with Crippen LogP contribution in [0.2, 0.25) is 0 Å². The van der Waals surface area contributed by atoms with Gasteiger partial charge in [-0.05, 0) is 55.7 Å². The Kier molecular flexibility index (Phi) is 4.09. The average molecular weight is 422 g/mol. The molecule has 0 saturated carbocycles. The molecule has 0 aliphatic heterocycles. The van der Waals surface area contributed by atoms with Crippen molar-refractivity contribution in [3.63, 3.8) is 0 Å². The fourth-order valence-electron chi connectivity index (χ4n) is 5.14. The first-order valence-electron chi connectivity index (χ1n) is 11.4. The van der Waals surface area contributed by atoms with E-state index in [1.165, 1.54) is 21.9 Å². The Bertz CT molecular complexity index is 1450. The number of para-hydroxylation sites is 1. The van der Waals surface area contributed by atoms with Crippen LogP contribution in [0.15, 0.2) is 71.2 Å². The highest BCUT2D eigenvalue weighted by Gasteiger charge is 2.36. The number of furan rings is 1. The molecule has 4 heteroatoms. The summed E-state index contributed by atoms with van der Waals surface area (Å²) < 4.78 is 12.7. The van der Waals surface area contributed by atoms with Gasteiger partial charge < -0.3 is 14.2 Å². The molecule has 2 atom stereocenters. The molecule has 0 saturated heterocycles. The molecule has 2 aliphatic carbocycles. The van der Waals surface area contributed by atoms with E-state index in [9.17, 15) is 5.11 Å². The van der Waals surface area contributed by atoms with E-state index in [1.807, 2.05) is 13.8 Å². The van der Waals surface area contributed by atoms with E-state index in [2.05, 4.69) is 66.8 Å². The number of fused-ring (bicyclic) bond motifs is 7. The van der Waals surface area contributed by atoms with Gasteiger partial charge in [-0.1, -0.05) is 60.7 Å². The lowest BCUT2D eigenvalue weighted by atomic mass is 9.82. The van der Waals surface area contributed by atoms with Gasteiger partial charge in [-0.2, -0.15) is 0 Å². The van der Waals surface area contributed by atoms with E-state index in [0.29, 0.717) is 19.3 Å². The maximum absolute atomic E-state index is 10.5. The quantitative estimate of drug-likeness (QED) is 0.436. The maximum Gasteiger partial charge on any atom is 0.313 e. The van der Waals surface area contributed by atoms with Crippen molar-refractivity contribution in [2.75, 3.05) is 0 Å². The van der Waals surface area contributed by atoms with Crippen molar-refractivity contribution in [3.05, 3.63) is 77.9 Å². The predicted octanol–water partition coefficient (Wildman–Crippen LogP) is 5.59. The van der Waals surface area contributed by atoms with Crippen LogP contribution in [-0.4, -0.2) is 23.8 Å². The molecule has 1 N–H and O–H groups in total. The third-order valence-corrected chi connectivity index (χ3v) is 7.68. The number of rotatable bonds is 4. The molecule has 0 bridgehead atoms. The van der Waals surface area contributed by atoms with Gasteiger partial charge in [0.1, 0.15) is 11.2 Å². The van der Waals surface area contributed by atoms with Gasteiger partial charge in [-0.25, -0.2) is 0 Å². The van der Waals surface area contributed by atoms with Gasteiger partial charge in [0.2, 0.25) is 0 Å². The van der Waals surface area contributed by atoms with Gasteiger partial charge >= 0.3 is 7.48 Å². The molecule has 1 aromatic heterocycles. The zero-order valence-electron chi connectivity index (χ0n) is 19.0. The minimum atomic E-state index is -0.953. The van der Waals surface area contributed by atoms with Crippen LogP contribution >= 0.6 is 0 Å². The van der Waals surface area contributed by atoms with E-state index in [-0.39, 0.29) is 0 Å². The van der Waals surface area contributed by atoms with E-state index >= 15 is 0 Å². The Hall–Kier alpha value is -2.82. The smallest absolute Gasteiger partial charge is 0.313 e. The van der Waals surface area contributed by atoms with Gasteiger partial charge in [-0.15, -0.1) is 0 Å². The first-order chi connectivity index (χ1) is 15.3. The average Bonchev–Trinajstić information content (AvgIpc) is 3.30. The molecule has 6 rings (SSSR count). The Morgan fingerprint density at radius 2 is 1.53 bits per heavy atom. The van der Waals surface area contributed by atoms with Crippen LogP contribution in [0, 0.1) is 0 Å². The van der Waals surface area contributed by atoms with Gasteiger partial charge in [0.15, 0.2) is 0 Å². The molecule has 0 radical (unpaired) electrons. The summed E-state index contributed by atoms with van der Waals surface area (Å²) in [6.07, 6.45) is 8.97. The molecule has 32 heavy (non-hydrogen) atoms. The van der Waals surface area contributed by atoms with Crippen LogP contribution in [-0.2, 0) is 4.65 Å². The summed E-state index contributed by atoms with van der Waals surface area (Å²) in [5.41, 5.74) is 3.95.